The lowest BCUT2D eigenvalue weighted by Crippen LogP contribution is -2.06. The highest BCUT2D eigenvalue weighted by molar-refractivity contribution is 5.96. The van der Waals surface area contributed by atoms with E-state index in [9.17, 15) is 10.1 Å². The molecular formula is C14H13N5O2. The molecule has 0 bridgehead atoms. The Balaban J connectivity index is 1.98. The average molecular weight is 283 g/mol. The van der Waals surface area contributed by atoms with Gasteiger partial charge in [0.25, 0.3) is 5.69 Å². The van der Waals surface area contributed by atoms with E-state index >= 15 is 0 Å². The minimum absolute atomic E-state index is 0.0108. The van der Waals surface area contributed by atoms with Gasteiger partial charge in [-0.2, -0.15) is 5.10 Å². The number of anilines is 1. The van der Waals surface area contributed by atoms with Crippen LogP contribution in [0.5, 0.6) is 0 Å². The number of pyridine rings is 1. The number of benzene rings is 1. The summed E-state index contributed by atoms with van der Waals surface area (Å²) < 4.78 is 1.78. The third kappa shape index (κ3) is 2.40. The molecule has 1 N–H and O–H groups in total. The molecule has 3 aromatic rings. The largest absolute Gasteiger partial charge is 0.379 e. The molecule has 0 saturated heterocycles. The van der Waals surface area contributed by atoms with Gasteiger partial charge in [-0.05, 0) is 24.3 Å². The van der Waals surface area contributed by atoms with Crippen molar-refractivity contribution in [3.63, 3.8) is 0 Å². The first-order chi connectivity index (χ1) is 10.2. The Hall–Kier alpha value is -2.96. The summed E-state index contributed by atoms with van der Waals surface area (Å²) in [5.41, 5.74) is 2.23. The third-order valence-electron chi connectivity index (χ3n) is 3.33. The molecule has 7 heteroatoms. The number of nitrogens with zero attached hydrogens (tertiary/aromatic N) is 4. The van der Waals surface area contributed by atoms with E-state index in [-0.39, 0.29) is 5.69 Å². The van der Waals surface area contributed by atoms with Gasteiger partial charge < -0.3 is 5.32 Å². The van der Waals surface area contributed by atoms with Gasteiger partial charge in [-0.15, -0.1) is 0 Å². The molecule has 0 radical (unpaired) electrons. The van der Waals surface area contributed by atoms with Crippen LogP contribution in [0.2, 0.25) is 0 Å². The lowest BCUT2D eigenvalue weighted by Gasteiger charge is -2.09. The van der Waals surface area contributed by atoms with Gasteiger partial charge in [0.1, 0.15) is 5.52 Å². The molecule has 0 saturated carbocycles. The van der Waals surface area contributed by atoms with Crippen molar-refractivity contribution < 1.29 is 4.92 Å². The zero-order valence-electron chi connectivity index (χ0n) is 11.4. The summed E-state index contributed by atoms with van der Waals surface area (Å²) in [7, 11) is 1.87. The number of fused-ring (bicyclic) bond motifs is 1. The van der Waals surface area contributed by atoms with E-state index in [1.54, 1.807) is 29.2 Å². The molecule has 3 rings (SSSR count). The monoisotopic (exact) mass is 283 g/mol. The molecule has 2 aromatic heterocycles. The van der Waals surface area contributed by atoms with Gasteiger partial charge >= 0.3 is 0 Å². The molecule has 0 unspecified atom stereocenters. The molecular weight excluding hydrogens is 270 g/mol. The highest BCUT2D eigenvalue weighted by Gasteiger charge is 2.15. The maximum absolute atomic E-state index is 11.0. The molecule has 0 aliphatic heterocycles. The number of rotatable bonds is 4. The van der Waals surface area contributed by atoms with Gasteiger partial charge in [-0.1, -0.05) is 0 Å². The number of nitro benzene ring substituents is 1. The Bertz CT molecular complexity index is 812. The summed E-state index contributed by atoms with van der Waals surface area (Å²) >= 11 is 0. The number of non-ortho nitro benzene ring substituents is 1. The van der Waals surface area contributed by atoms with Crippen molar-refractivity contribution in [1.82, 2.24) is 14.8 Å². The molecule has 1 aromatic carbocycles. The van der Waals surface area contributed by atoms with Crippen LogP contribution < -0.4 is 5.32 Å². The number of hydrogen-bond donors (Lipinski definition) is 1. The van der Waals surface area contributed by atoms with E-state index in [1.165, 1.54) is 6.07 Å². The first kappa shape index (κ1) is 13.0. The van der Waals surface area contributed by atoms with Crippen LogP contribution in [0.15, 0.2) is 42.7 Å². The molecule has 0 aliphatic rings. The second kappa shape index (κ2) is 5.20. The summed E-state index contributed by atoms with van der Waals surface area (Å²) in [6.07, 6.45) is 3.28. The van der Waals surface area contributed by atoms with Crippen molar-refractivity contribution in [3.8, 4) is 0 Å². The smallest absolute Gasteiger partial charge is 0.295 e. The second-order valence-corrected chi connectivity index (χ2v) is 4.59. The molecule has 0 atom stereocenters. The van der Waals surface area contributed by atoms with E-state index in [0.29, 0.717) is 12.1 Å². The minimum Gasteiger partial charge on any atom is -0.379 e. The lowest BCUT2D eigenvalue weighted by atomic mass is 10.1. The minimum atomic E-state index is -0.416. The molecule has 0 amide bonds. The molecule has 7 nitrogen and oxygen atoms in total. The molecule has 106 valence electrons. The van der Waals surface area contributed by atoms with Crippen molar-refractivity contribution in [2.24, 2.45) is 7.05 Å². The van der Waals surface area contributed by atoms with E-state index in [4.69, 9.17) is 0 Å². The fourth-order valence-electron chi connectivity index (χ4n) is 2.22. The van der Waals surface area contributed by atoms with Gasteiger partial charge in [0.15, 0.2) is 0 Å². The predicted octanol–water partition coefficient (Wildman–Crippen LogP) is 2.49. The Kier molecular flexibility index (Phi) is 3.23. The Morgan fingerprint density at radius 1 is 1.29 bits per heavy atom. The topological polar surface area (TPSA) is 85.9 Å². The fraction of sp³-hybridized carbons (Fsp3) is 0.143. The maximum Gasteiger partial charge on any atom is 0.295 e. The van der Waals surface area contributed by atoms with Gasteiger partial charge in [0.2, 0.25) is 0 Å². The zero-order chi connectivity index (χ0) is 14.8. The van der Waals surface area contributed by atoms with Gasteiger partial charge in [0, 0.05) is 36.6 Å². The lowest BCUT2D eigenvalue weighted by molar-refractivity contribution is -0.383. The molecule has 0 fully saturated rings. The second-order valence-electron chi connectivity index (χ2n) is 4.59. The molecule has 21 heavy (non-hydrogen) atoms. The number of nitro groups is 1. The molecule has 0 aliphatic carbocycles. The highest BCUT2D eigenvalue weighted by atomic mass is 16.6. The maximum atomic E-state index is 11.0. The first-order valence-corrected chi connectivity index (χ1v) is 6.39. The SMILES string of the molecule is Cn1nccc1CNc1ccc([N+](=O)[O-])c2ncccc12. The Morgan fingerprint density at radius 3 is 2.86 bits per heavy atom. The van der Waals surface area contributed by atoms with Crippen LogP contribution in [0.3, 0.4) is 0 Å². The van der Waals surface area contributed by atoms with Crippen LogP contribution >= 0.6 is 0 Å². The van der Waals surface area contributed by atoms with E-state index in [0.717, 1.165) is 16.8 Å². The summed E-state index contributed by atoms with van der Waals surface area (Å²) in [5, 5.41) is 19.2. The first-order valence-electron chi connectivity index (χ1n) is 6.39. The van der Waals surface area contributed by atoms with E-state index in [2.05, 4.69) is 15.4 Å². The normalized spacial score (nSPS) is 10.7. The van der Waals surface area contributed by atoms with Gasteiger partial charge in [0.05, 0.1) is 17.2 Å². The number of aromatic nitrogens is 3. The van der Waals surface area contributed by atoms with Gasteiger partial charge in [-0.25, -0.2) is 4.98 Å². The van der Waals surface area contributed by atoms with Gasteiger partial charge in [-0.3, -0.25) is 14.8 Å². The van der Waals surface area contributed by atoms with Crippen LogP contribution in [0, 0.1) is 10.1 Å². The predicted molar refractivity (Wildman–Crippen MR) is 78.9 cm³/mol. The van der Waals surface area contributed by atoms with Crippen LogP contribution in [-0.4, -0.2) is 19.7 Å². The Morgan fingerprint density at radius 2 is 2.14 bits per heavy atom. The van der Waals surface area contributed by atoms with Crippen LogP contribution in [0.25, 0.3) is 10.9 Å². The van der Waals surface area contributed by atoms with Crippen LogP contribution in [-0.2, 0) is 13.6 Å². The summed E-state index contributed by atoms with van der Waals surface area (Å²) in [5.74, 6) is 0. The molecule has 2 heterocycles. The standard InChI is InChI=1S/C14H13N5O2/c1-18-10(6-8-17-18)9-16-12-4-5-13(19(20)21)14-11(12)3-2-7-15-14/h2-8,16H,9H2,1H3. The quantitative estimate of drug-likeness (QED) is 0.587. The summed E-state index contributed by atoms with van der Waals surface area (Å²) in [6.45, 7) is 0.582. The van der Waals surface area contributed by atoms with Crippen LogP contribution in [0.4, 0.5) is 11.4 Å². The van der Waals surface area contributed by atoms with Crippen molar-refractivity contribution in [2.75, 3.05) is 5.32 Å². The van der Waals surface area contributed by atoms with Crippen molar-refractivity contribution in [2.45, 2.75) is 6.54 Å². The number of aryl methyl sites for hydroxylation is 1. The fourth-order valence-corrected chi connectivity index (χ4v) is 2.22. The van der Waals surface area contributed by atoms with E-state index < -0.39 is 4.92 Å². The summed E-state index contributed by atoms with van der Waals surface area (Å²) in [6, 6.07) is 8.68. The number of nitrogens with one attached hydrogen (secondary N) is 1. The Labute approximate surface area is 120 Å². The average Bonchev–Trinajstić information content (AvgIpc) is 2.89. The summed E-state index contributed by atoms with van der Waals surface area (Å²) in [4.78, 5) is 14.8. The van der Waals surface area contributed by atoms with Crippen LogP contribution in [0.1, 0.15) is 5.69 Å². The van der Waals surface area contributed by atoms with E-state index in [1.807, 2.05) is 19.2 Å². The third-order valence-corrected chi connectivity index (χ3v) is 3.33. The van der Waals surface area contributed by atoms with Crippen molar-refractivity contribution in [1.29, 1.82) is 0 Å². The molecule has 0 spiro atoms. The zero-order valence-corrected chi connectivity index (χ0v) is 11.4. The van der Waals surface area contributed by atoms with Crippen molar-refractivity contribution >= 4 is 22.3 Å². The highest BCUT2D eigenvalue weighted by Crippen LogP contribution is 2.29. The number of hydrogen-bond acceptors (Lipinski definition) is 5. The van der Waals surface area contributed by atoms with Crippen molar-refractivity contribution in [3.05, 3.63) is 58.5 Å².